The molecule has 0 amide bonds. The van der Waals surface area contributed by atoms with Gasteiger partial charge in [0.1, 0.15) is 0 Å². The van der Waals surface area contributed by atoms with Crippen molar-refractivity contribution in [3.05, 3.63) is 53.1 Å². The molecule has 1 aliphatic heterocycles. The average Bonchev–Trinajstić information content (AvgIpc) is 2.70. The van der Waals surface area contributed by atoms with Crippen LogP contribution >= 0.6 is 0 Å². The minimum atomic E-state index is 0.176. The van der Waals surface area contributed by atoms with Crippen molar-refractivity contribution in [1.29, 1.82) is 0 Å². The molecule has 1 unspecified atom stereocenters. The van der Waals surface area contributed by atoms with E-state index in [1.54, 1.807) is 7.11 Å². The molecule has 0 bridgehead atoms. The maximum atomic E-state index is 6.09. The van der Waals surface area contributed by atoms with Crippen LogP contribution in [0.15, 0.2) is 36.4 Å². The first-order chi connectivity index (χ1) is 13.5. The number of hydrogen-bond donors (Lipinski definition) is 1. The van der Waals surface area contributed by atoms with E-state index in [1.165, 1.54) is 22.4 Å². The molecule has 2 aromatic rings. The van der Waals surface area contributed by atoms with Crippen molar-refractivity contribution < 1.29 is 9.47 Å². The van der Waals surface area contributed by atoms with Gasteiger partial charge in [-0.05, 0) is 67.9 Å². The van der Waals surface area contributed by atoms with E-state index in [0.29, 0.717) is 6.61 Å². The molecule has 1 N–H and O–H groups in total. The summed E-state index contributed by atoms with van der Waals surface area (Å²) in [6.45, 7) is 2.65. The van der Waals surface area contributed by atoms with Crippen molar-refractivity contribution in [3.63, 3.8) is 0 Å². The quantitative estimate of drug-likeness (QED) is 0.708. The highest BCUT2D eigenvalue weighted by Crippen LogP contribution is 2.38. The molecule has 1 heterocycles. The third-order valence-electron chi connectivity index (χ3n) is 5.23. The molecule has 0 aliphatic carbocycles. The fraction of sp³-hybridized carbons (Fsp3) is 0.478. The second-order valence-corrected chi connectivity index (χ2v) is 7.83. The predicted molar refractivity (Wildman–Crippen MR) is 116 cm³/mol. The van der Waals surface area contributed by atoms with Crippen LogP contribution in [-0.4, -0.2) is 59.9 Å². The zero-order valence-electron chi connectivity index (χ0n) is 17.8. The van der Waals surface area contributed by atoms with E-state index in [1.807, 2.05) is 0 Å². The highest BCUT2D eigenvalue weighted by molar-refractivity contribution is 5.53. The first-order valence-electron chi connectivity index (χ1n) is 9.98. The van der Waals surface area contributed by atoms with Crippen LogP contribution in [0.1, 0.15) is 29.2 Å². The molecular formula is C23H33N3O2. The molecule has 0 saturated carbocycles. The molecule has 2 aromatic carbocycles. The Labute approximate surface area is 169 Å². The van der Waals surface area contributed by atoms with Crippen LogP contribution in [0.3, 0.4) is 0 Å². The van der Waals surface area contributed by atoms with Crippen molar-refractivity contribution >= 4 is 5.69 Å². The van der Waals surface area contributed by atoms with E-state index >= 15 is 0 Å². The molecule has 0 fully saturated rings. The van der Waals surface area contributed by atoms with E-state index in [9.17, 15) is 0 Å². The number of hydrogen-bond acceptors (Lipinski definition) is 5. The van der Waals surface area contributed by atoms with Crippen LogP contribution in [0.5, 0.6) is 11.5 Å². The number of ether oxygens (including phenoxy) is 2. The van der Waals surface area contributed by atoms with Gasteiger partial charge in [0, 0.05) is 32.9 Å². The first-order valence-corrected chi connectivity index (χ1v) is 9.98. The van der Waals surface area contributed by atoms with Gasteiger partial charge < -0.3 is 24.6 Å². The van der Waals surface area contributed by atoms with Gasteiger partial charge >= 0.3 is 0 Å². The summed E-state index contributed by atoms with van der Waals surface area (Å²) >= 11 is 0. The van der Waals surface area contributed by atoms with Gasteiger partial charge in [0.2, 0.25) is 0 Å². The number of methoxy groups -OCH3 is 1. The Morgan fingerprint density at radius 2 is 1.79 bits per heavy atom. The number of fused-ring (bicyclic) bond motifs is 1. The van der Waals surface area contributed by atoms with E-state index in [2.05, 4.69) is 79.7 Å². The predicted octanol–water partition coefficient (Wildman–Crippen LogP) is 3.33. The highest BCUT2D eigenvalue weighted by atomic mass is 16.5. The molecule has 5 nitrogen and oxygen atoms in total. The monoisotopic (exact) mass is 383 g/mol. The number of benzene rings is 2. The van der Waals surface area contributed by atoms with Gasteiger partial charge in [-0.3, -0.25) is 0 Å². The molecule has 1 atom stereocenters. The minimum Gasteiger partial charge on any atom is -0.493 e. The standard InChI is InChI=1S/C23H33N3O2/c1-25(2)13-6-14-28-22-16-20-18(15-21(22)27-5)11-12-24-23(20)17-7-9-19(10-8-17)26(3)4/h7-10,15-16,23-24H,6,11-14H2,1-5H3. The van der Waals surface area contributed by atoms with E-state index in [0.717, 1.165) is 37.4 Å². The molecular weight excluding hydrogens is 350 g/mol. The molecule has 0 spiro atoms. The molecule has 0 aromatic heterocycles. The van der Waals surface area contributed by atoms with Crippen molar-refractivity contribution in [2.24, 2.45) is 0 Å². The Bertz CT molecular complexity index is 772. The van der Waals surface area contributed by atoms with Gasteiger partial charge in [-0.1, -0.05) is 12.1 Å². The Morgan fingerprint density at radius 1 is 1.04 bits per heavy atom. The minimum absolute atomic E-state index is 0.176. The first kappa shape index (κ1) is 20.5. The van der Waals surface area contributed by atoms with E-state index in [4.69, 9.17) is 9.47 Å². The summed E-state index contributed by atoms with van der Waals surface area (Å²) in [4.78, 5) is 4.29. The Hall–Kier alpha value is -2.24. The second-order valence-electron chi connectivity index (χ2n) is 7.83. The van der Waals surface area contributed by atoms with Crippen LogP contribution in [0.2, 0.25) is 0 Å². The third kappa shape index (κ3) is 4.78. The molecule has 1 aliphatic rings. The van der Waals surface area contributed by atoms with Gasteiger partial charge in [-0.2, -0.15) is 0 Å². The third-order valence-corrected chi connectivity index (χ3v) is 5.23. The summed E-state index contributed by atoms with van der Waals surface area (Å²) in [5.41, 5.74) is 5.10. The Balaban J connectivity index is 1.85. The normalized spacial score (nSPS) is 16.0. The fourth-order valence-electron chi connectivity index (χ4n) is 3.66. The number of anilines is 1. The van der Waals surface area contributed by atoms with Gasteiger partial charge in [0.15, 0.2) is 11.5 Å². The Kier molecular flexibility index (Phi) is 6.81. The molecule has 28 heavy (non-hydrogen) atoms. The molecule has 0 radical (unpaired) electrons. The van der Waals surface area contributed by atoms with Crippen LogP contribution in [-0.2, 0) is 6.42 Å². The zero-order chi connectivity index (χ0) is 20.1. The van der Waals surface area contributed by atoms with Crippen LogP contribution in [0.4, 0.5) is 5.69 Å². The number of rotatable bonds is 8. The van der Waals surface area contributed by atoms with Gasteiger partial charge in [-0.25, -0.2) is 0 Å². The maximum absolute atomic E-state index is 6.09. The number of nitrogens with one attached hydrogen (secondary N) is 1. The molecule has 152 valence electrons. The fourth-order valence-corrected chi connectivity index (χ4v) is 3.66. The maximum Gasteiger partial charge on any atom is 0.161 e. The zero-order valence-corrected chi connectivity index (χ0v) is 17.8. The summed E-state index contributed by atoms with van der Waals surface area (Å²) < 4.78 is 11.7. The molecule has 5 heteroatoms. The summed E-state index contributed by atoms with van der Waals surface area (Å²) in [7, 11) is 10.0. The summed E-state index contributed by atoms with van der Waals surface area (Å²) in [6.07, 6.45) is 1.99. The highest BCUT2D eigenvalue weighted by Gasteiger charge is 2.24. The lowest BCUT2D eigenvalue weighted by Gasteiger charge is -2.29. The molecule has 0 saturated heterocycles. The lowest BCUT2D eigenvalue weighted by molar-refractivity contribution is 0.267. The topological polar surface area (TPSA) is 37.0 Å². The van der Waals surface area contributed by atoms with Crippen molar-refractivity contribution in [2.45, 2.75) is 18.9 Å². The Morgan fingerprint density at radius 3 is 2.43 bits per heavy atom. The van der Waals surface area contributed by atoms with Crippen molar-refractivity contribution in [1.82, 2.24) is 10.2 Å². The second kappa shape index (κ2) is 9.30. The molecule has 3 rings (SSSR count). The SMILES string of the molecule is COc1cc2c(cc1OCCCN(C)C)C(c1ccc(N(C)C)cc1)NCC2. The number of nitrogens with zero attached hydrogens (tertiary/aromatic N) is 2. The summed E-state index contributed by atoms with van der Waals surface area (Å²) in [6, 6.07) is 13.3. The lowest BCUT2D eigenvalue weighted by Crippen LogP contribution is -2.30. The summed E-state index contributed by atoms with van der Waals surface area (Å²) in [5, 5.41) is 3.67. The van der Waals surface area contributed by atoms with Gasteiger partial charge in [0.05, 0.1) is 19.8 Å². The van der Waals surface area contributed by atoms with Crippen LogP contribution in [0, 0.1) is 0 Å². The van der Waals surface area contributed by atoms with Crippen molar-refractivity contribution in [2.75, 3.05) is 59.9 Å². The largest absolute Gasteiger partial charge is 0.493 e. The smallest absolute Gasteiger partial charge is 0.161 e. The lowest BCUT2D eigenvalue weighted by atomic mass is 9.89. The van der Waals surface area contributed by atoms with Crippen molar-refractivity contribution in [3.8, 4) is 11.5 Å². The van der Waals surface area contributed by atoms with E-state index in [-0.39, 0.29) is 6.04 Å². The van der Waals surface area contributed by atoms with Gasteiger partial charge in [0.25, 0.3) is 0 Å². The van der Waals surface area contributed by atoms with Crippen LogP contribution < -0.4 is 19.7 Å². The summed E-state index contributed by atoms with van der Waals surface area (Å²) in [5.74, 6) is 1.66. The van der Waals surface area contributed by atoms with E-state index < -0.39 is 0 Å². The van der Waals surface area contributed by atoms with Gasteiger partial charge in [-0.15, -0.1) is 0 Å². The van der Waals surface area contributed by atoms with Crippen LogP contribution in [0.25, 0.3) is 0 Å². The average molecular weight is 384 g/mol.